The summed E-state index contributed by atoms with van der Waals surface area (Å²) in [4.78, 5) is 18.6. The Hall–Kier alpha value is -3.05. The molecule has 8 heteroatoms. The van der Waals surface area contributed by atoms with Crippen LogP contribution in [0.2, 0.25) is 0 Å². The second kappa shape index (κ2) is 7.65. The Balaban J connectivity index is 1.36. The number of benzene rings is 1. The number of fused-ring (bicyclic) bond motifs is 4. The molecule has 2 bridgehead atoms. The van der Waals surface area contributed by atoms with E-state index in [4.69, 9.17) is 9.15 Å². The molecule has 2 atom stereocenters. The lowest BCUT2D eigenvalue weighted by Gasteiger charge is -2.42. The molecular weight excluding hydrogens is 448 g/mol. The van der Waals surface area contributed by atoms with Crippen molar-refractivity contribution < 1.29 is 9.15 Å². The summed E-state index contributed by atoms with van der Waals surface area (Å²) in [6.07, 6.45) is 1.04. The lowest BCUT2D eigenvalue weighted by molar-refractivity contribution is 0.254. The van der Waals surface area contributed by atoms with Gasteiger partial charge in [-0.15, -0.1) is 0 Å². The van der Waals surface area contributed by atoms with Gasteiger partial charge in [0.25, 0.3) is 5.56 Å². The maximum atomic E-state index is 12.2. The first-order chi connectivity index (χ1) is 14.6. The summed E-state index contributed by atoms with van der Waals surface area (Å²) in [6, 6.07) is 15.1. The number of halogens is 1. The molecule has 7 nitrogen and oxygen atoms in total. The maximum Gasteiger partial charge on any atom is 0.250 e. The van der Waals surface area contributed by atoms with E-state index >= 15 is 0 Å². The lowest BCUT2D eigenvalue weighted by Crippen LogP contribution is -2.47. The molecule has 1 aromatic carbocycles. The number of nitriles is 1. The van der Waals surface area contributed by atoms with Gasteiger partial charge < -0.3 is 18.6 Å². The Morgan fingerprint density at radius 2 is 2.03 bits per heavy atom. The van der Waals surface area contributed by atoms with E-state index in [9.17, 15) is 10.1 Å². The summed E-state index contributed by atoms with van der Waals surface area (Å²) in [5.74, 6) is 2.12. The highest BCUT2D eigenvalue weighted by molar-refractivity contribution is 9.10. The molecule has 30 heavy (non-hydrogen) atoms. The average Bonchev–Trinajstić information content (AvgIpc) is 3.17. The van der Waals surface area contributed by atoms with Gasteiger partial charge in [0.2, 0.25) is 17.5 Å². The van der Waals surface area contributed by atoms with Gasteiger partial charge in [-0.1, -0.05) is 22.0 Å². The van der Waals surface area contributed by atoms with Crippen LogP contribution in [-0.4, -0.2) is 22.6 Å². The van der Waals surface area contributed by atoms with Gasteiger partial charge in [-0.3, -0.25) is 4.79 Å². The highest BCUT2D eigenvalue weighted by Gasteiger charge is 2.36. The highest BCUT2D eigenvalue weighted by atomic mass is 79.9. The first kappa shape index (κ1) is 18.9. The largest absolute Gasteiger partial charge is 0.484 e. The fourth-order valence-electron chi connectivity index (χ4n) is 4.44. The lowest BCUT2D eigenvalue weighted by atomic mass is 9.83. The topological polar surface area (TPSA) is 84.3 Å². The Bertz CT molecular complexity index is 1180. The number of nitrogens with zero attached hydrogens (tertiary/aromatic N) is 4. The number of anilines is 1. The van der Waals surface area contributed by atoms with Gasteiger partial charge in [-0.05, 0) is 42.7 Å². The molecule has 4 heterocycles. The van der Waals surface area contributed by atoms with Crippen LogP contribution < -0.4 is 15.2 Å². The zero-order valence-electron chi connectivity index (χ0n) is 16.1. The predicted octanol–water partition coefficient (Wildman–Crippen LogP) is 3.67. The van der Waals surface area contributed by atoms with Crippen molar-refractivity contribution in [2.75, 3.05) is 18.0 Å². The van der Waals surface area contributed by atoms with Crippen LogP contribution in [0.5, 0.6) is 5.75 Å². The number of ether oxygens (including phenoxy) is 1. The highest BCUT2D eigenvalue weighted by Crippen LogP contribution is 2.38. The van der Waals surface area contributed by atoms with Crippen LogP contribution in [0.15, 0.2) is 56.1 Å². The molecule has 1 saturated heterocycles. The van der Waals surface area contributed by atoms with Crippen LogP contribution in [0.4, 0.5) is 5.88 Å². The van der Waals surface area contributed by atoms with Crippen molar-refractivity contribution in [3.8, 4) is 11.8 Å². The monoisotopic (exact) mass is 466 g/mol. The van der Waals surface area contributed by atoms with E-state index in [1.54, 1.807) is 6.07 Å². The number of hydrogen-bond acceptors (Lipinski definition) is 6. The molecule has 2 aromatic heterocycles. The molecule has 0 aliphatic carbocycles. The van der Waals surface area contributed by atoms with E-state index in [1.807, 2.05) is 41.0 Å². The van der Waals surface area contributed by atoms with E-state index < -0.39 is 0 Å². The van der Waals surface area contributed by atoms with Crippen LogP contribution in [0.3, 0.4) is 0 Å². The van der Waals surface area contributed by atoms with Crippen LogP contribution in [0, 0.1) is 17.2 Å². The maximum absolute atomic E-state index is 12.2. The fraction of sp³-hybridized carbons (Fsp3) is 0.318. The van der Waals surface area contributed by atoms with E-state index in [0.717, 1.165) is 23.1 Å². The molecule has 0 N–H and O–H groups in total. The van der Waals surface area contributed by atoms with Gasteiger partial charge >= 0.3 is 0 Å². The number of piperidine rings is 1. The van der Waals surface area contributed by atoms with Crippen molar-refractivity contribution in [2.24, 2.45) is 5.92 Å². The first-order valence-corrected chi connectivity index (χ1v) is 10.6. The summed E-state index contributed by atoms with van der Waals surface area (Å²) in [5.41, 5.74) is 1.38. The molecule has 0 saturated carbocycles. The summed E-state index contributed by atoms with van der Waals surface area (Å²) < 4.78 is 14.6. The molecule has 2 aliphatic rings. The molecule has 0 amide bonds. The quantitative estimate of drug-likeness (QED) is 0.582. The first-order valence-electron chi connectivity index (χ1n) is 9.83. The van der Waals surface area contributed by atoms with Crippen molar-refractivity contribution in [3.05, 3.63) is 74.6 Å². The van der Waals surface area contributed by atoms with Crippen molar-refractivity contribution in [3.63, 3.8) is 0 Å². The van der Waals surface area contributed by atoms with Crippen LogP contribution in [0.25, 0.3) is 0 Å². The Morgan fingerprint density at radius 3 is 2.83 bits per heavy atom. The van der Waals surface area contributed by atoms with Gasteiger partial charge in [-0.25, -0.2) is 0 Å². The zero-order valence-corrected chi connectivity index (χ0v) is 17.7. The molecule has 0 spiro atoms. The smallest absolute Gasteiger partial charge is 0.250 e. The zero-order chi connectivity index (χ0) is 20.7. The Morgan fingerprint density at radius 1 is 1.20 bits per heavy atom. The van der Waals surface area contributed by atoms with Gasteiger partial charge in [0.15, 0.2) is 6.61 Å². The van der Waals surface area contributed by atoms with Crippen LogP contribution >= 0.6 is 15.9 Å². The van der Waals surface area contributed by atoms with Crippen molar-refractivity contribution in [2.45, 2.75) is 25.5 Å². The second-order valence-electron chi connectivity index (χ2n) is 7.72. The summed E-state index contributed by atoms with van der Waals surface area (Å²) in [6.45, 7) is 2.26. The van der Waals surface area contributed by atoms with E-state index in [-0.39, 0.29) is 23.8 Å². The standard InChI is InChI=1S/C22H19BrN4O3/c23-16-4-6-17(7-5-16)29-13-20-25-18(9-24)22(30-20)26-10-14-8-15(12-26)19-2-1-3-21(28)27(19)11-14/h1-7,14-15H,8,10-13H2/t14-,15-/m0/s1. The predicted molar refractivity (Wildman–Crippen MR) is 113 cm³/mol. The van der Waals surface area contributed by atoms with Gasteiger partial charge in [0.05, 0.1) is 0 Å². The van der Waals surface area contributed by atoms with Crippen molar-refractivity contribution >= 4 is 21.8 Å². The van der Waals surface area contributed by atoms with Crippen molar-refractivity contribution in [1.29, 1.82) is 5.26 Å². The molecule has 2 aliphatic heterocycles. The van der Waals surface area contributed by atoms with E-state index in [1.165, 1.54) is 0 Å². The molecule has 152 valence electrons. The van der Waals surface area contributed by atoms with Gasteiger partial charge in [0, 0.05) is 41.8 Å². The number of pyridine rings is 1. The third-order valence-corrected chi connectivity index (χ3v) is 6.23. The normalized spacial score (nSPS) is 19.8. The molecule has 3 aromatic rings. The fourth-order valence-corrected chi connectivity index (χ4v) is 4.71. The second-order valence-corrected chi connectivity index (χ2v) is 8.63. The molecule has 0 radical (unpaired) electrons. The van der Waals surface area contributed by atoms with Crippen LogP contribution in [-0.2, 0) is 13.2 Å². The third kappa shape index (κ3) is 3.50. The third-order valence-electron chi connectivity index (χ3n) is 5.70. The number of rotatable bonds is 4. The minimum atomic E-state index is 0.0559. The Labute approximate surface area is 181 Å². The molecule has 5 rings (SSSR count). The SMILES string of the molecule is N#Cc1nc(COc2ccc(Br)cc2)oc1N1C[C@@H]2C[C@@H](C1)c1cccc(=O)n1C2. The number of aromatic nitrogens is 2. The number of hydrogen-bond donors (Lipinski definition) is 0. The summed E-state index contributed by atoms with van der Waals surface area (Å²) in [5, 5.41) is 9.58. The molecular formula is C22H19BrN4O3. The van der Waals surface area contributed by atoms with Crippen LogP contribution in [0.1, 0.15) is 29.6 Å². The molecule has 1 fully saturated rings. The van der Waals surface area contributed by atoms with Crippen molar-refractivity contribution in [1.82, 2.24) is 9.55 Å². The average molecular weight is 467 g/mol. The van der Waals surface area contributed by atoms with E-state index in [0.29, 0.717) is 36.5 Å². The minimum absolute atomic E-state index is 0.0559. The van der Waals surface area contributed by atoms with E-state index in [2.05, 4.69) is 31.9 Å². The number of oxazole rings is 1. The Kier molecular flexibility index (Phi) is 4.83. The summed E-state index contributed by atoms with van der Waals surface area (Å²) in [7, 11) is 0. The summed E-state index contributed by atoms with van der Waals surface area (Å²) >= 11 is 3.40. The molecule has 0 unspecified atom stereocenters. The van der Waals surface area contributed by atoms with Gasteiger partial charge in [0.1, 0.15) is 11.8 Å². The van der Waals surface area contributed by atoms with Gasteiger partial charge in [-0.2, -0.15) is 10.2 Å². The minimum Gasteiger partial charge on any atom is -0.484 e.